The van der Waals surface area contributed by atoms with Crippen molar-refractivity contribution in [1.29, 1.82) is 0 Å². The third-order valence-corrected chi connectivity index (χ3v) is 4.45. The van der Waals surface area contributed by atoms with E-state index in [2.05, 4.69) is 21.4 Å². The maximum absolute atomic E-state index is 10.2. The van der Waals surface area contributed by atoms with Gasteiger partial charge in [-0.1, -0.05) is 6.07 Å². The normalized spacial score (nSPS) is 17.6. The number of benzene rings is 1. The smallest absolute Gasteiger partial charge is 0.120 e. The van der Waals surface area contributed by atoms with E-state index in [9.17, 15) is 5.11 Å². The van der Waals surface area contributed by atoms with Crippen LogP contribution in [-0.2, 0) is 6.54 Å². The van der Waals surface area contributed by atoms with E-state index in [1.165, 1.54) is 0 Å². The van der Waals surface area contributed by atoms with Gasteiger partial charge in [0.05, 0.1) is 19.8 Å². The molecule has 1 aromatic carbocycles. The molecule has 24 heavy (non-hydrogen) atoms. The van der Waals surface area contributed by atoms with Gasteiger partial charge in [-0.2, -0.15) is 5.10 Å². The minimum Gasteiger partial charge on any atom is -0.497 e. The summed E-state index contributed by atoms with van der Waals surface area (Å²) >= 11 is 0. The zero-order chi connectivity index (χ0) is 16.8. The van der Waals surface area contributed by atoms with Gasteiger partial charge in [-0.3, -0.25) is 4.68 Å². The van der Waals surface area contributed by atoms with E-state index in [4.69, 9.17) is 4.74 Å². The minimum atomic E-state index is -0.382. The molecule has 1 aliphatic rings. The second kappa shape index (κ2) is 8.17. The molecule has 0 amide bonds. The first-order chi connectivity index (χ1) is 11.7. The zero-order valence-corrected chi connectivity index (χ0v) is 14.1. The van der Waals surface area contributed by atoms with E-state index in [0.717, 1.165) is 37.4 Å². The molecule has 0 spiro atoms. The van der Waals surface area contributed by atoms with Crippen molar-refractivity contribution < 1.29 is 9.84 Å². The summed E-state index contributed by atoms with van der Waals surface area (Å²) in [6, 6.07) is 10.4. The Morgan fingerprint density at radius 3 is 2.83 bits per heavy atom. The van der Waals surface area contributed by atoms with Crippen LogP contribution in [0, 0.1) is 0 Å². The van der Waals surface area contributed by atoms with Gasteiger partial charge in [0.15, 0.2) is 0 Å². The highest BCUT2D eigenvalue weighted by Crippen LogP contribution is 2.21. The monoisotopic (exact) mass is 330 g/mol. The van der Waals surface area contributed by atoms with Crippen LogP contribution in [0.3, 0.4) is 0 Å². The van der Waals surface area contributed by atoms with Crippen LogP contribution in [0.4, 0.5) is 5.69 Å². The van der Waals surface area contributed by atoms with E-state index >= 15 is 0 Å². The Morgan fingerprint density at radius 1 is 1.29 bits per heavy atom. The van der Waals surface area contributed by atoms with Crippen LogP contribution in [0.15, 0.2) is 42.7 Å². The standard InChI is InChI=1S/C18H26N4O2/c1-24-18-5-2-4-16(12-18)20-15-6-10-21(11-7-15)13-17(23)14-22-9-3-8-19-22/h2-5,8-9,12,15,17,20,23H,6-7,10-11,13-14H2,1H3/t17-/m1/s1. The molecular weight excluding hydrogens is 304 g/mol. The summed E-state index contributed by atoms with van der Waals surface area (Å²) < 4.78 is 7.04. The number of aliphatic hydroxyl groups excluding tert-OH is 1. The molecule has 1 aromatic heterocycles. The number of aliphatic hydroxyl groups is 1. The van der Waals surface area contributed by atoms with Gasteiger partial charge in [0.25, 0.3) is 0 Å². The quantitative estimate of drug-likeness (QED) is 0.811. The van der Waals surface area contributed by atoms with Crippen molar-refractivity contribution in [1.82, 2.24) is 14.7 Å². The first-order valence-electron chi connectivity index (χ1n) is 8.51. The number of likely N-dealkylation sites (tertiary alicyclic amines) is 1. The van der Waals surface area contributed by atoms with Gasteiger partial charge in [0, 0.05) is 49.8 Å². The molecule has 6 nitrogen and oxygen atoms in total. The Morgan fingerprint density at radius 2 is 2.12 bits per heavy atom. The lowest BCUT2D eigenvalue weighted by Gasteiger charge is -2.34. The van der Waals surface area contributed by atoms with E-state index in [0.29, 0.717) is 19.1 Å². The number of aromatic nitrogens is 2. The number of β-amino-alcohol motifs (C(OH)–C–C–N with tert-alkyl or cyclic N) is 1. The number of rotatable bonds is 7. The van der Waals surface area contributed by atoms with Crippen LogP contribution in [0.2, 0.25) is 0 Å². The van der Waals surface area contributed by atoms with Gasteiger partial charge < -0.3 is 20.1 Å². The first-order valence-corrected chi connectivity index (χ1v) is 8.51. The fourth-order valence-electron chi connectivity index (χ4n) is 3.19. The number of hydrogen-bond donors (Lipinski definition) is 2. The summed E-state index contributed by atoms with van der Waals surface area (Å²) in [5, 5.41) is 17.9. The molecule has 0 bridgehead atoms. The van der Waals surface area contributed by atoms with Crippen molar-refractivity contribution >= 4 is 5.69 Å². The molecule has 1 fully saturated rings. The number of ether oxygens (including phenoxy) is 1. The molecule has 2 N–H and O–H groups in total. The second-order valence-electron chi connectivity index (χ2n) is 6.33. The molecule has 1 aliphatic heterocycles. The molecule has 0 aliphatic carbocycles. The van der Waals surface area contributed by atoms with E-state index in [1.807, 2.05) is 30.5 Å². The molecule has 130 valence electrons. The molecule has 1 saturated heterocycles. The molecule has 0 saturated carbocycles. The predicted octanol–water partition coefficient (Wildman–Crippen LogP) is 1.83. The number of anilines is 1. The summed E-state index contributed by atoms with van der Waals surface area (Å²) in [5.41, 5.74) is 1.10. The number of hydrogen-bond acceptors (Lipinski definition) is 5. The van der Waals surface area contributed by atoms with Crippen molar-refractivity contribution in [3.63, 3.8) is 0 Å². The van der Waals surface area contributed by atoms with Crippen molar-refractivity contribution in [2.24, 2.45) is 0 Å². The van der Waals surface area contributed by atoms with Crippen molar-refractivity contribution in [2.45, 2.75) is 31.5 Å². The summed E-state index contributed by atoms with van der Waals surface area (Å²) in [4.78, 5) is 2.33. The number of nitrogens with zero attached hydrogens (tertiary/aromatic N) is 3. The minimum absolute atomic E-state index is 0.382. The largest absolute Gasteiger partial charge is 0.497 e. The van der Waals surface area contributed by atoms with E-state index in [1.54, 1.807) is 18.0 Å². The zero-order valence-electron chi connectivity index (χ0n) is 14.1. The van der Waals surface area contributed by atoms with Crippen LogP contribution < -0.4 is 10.1 Å². The Balaban J connectivity index is 1.42. The molecule has 2 aromatic rings. The van der Waals surface area contributed by atoms with Crippen LogP contribution in [0.1, 0.15) is 12.8 Å². The lowest BCUT2D eigenvalue weighted by molar-refractivity contribution is 0.0838. The van der Waals surface area contributed by atoms with Crippen molar-refractivity contribution in [3.05, 3.63) is 42.7 Å². The highest BCUT2D eigenvalue weighted by molar-refractivity contribution is 5.48. The van der Waals surface area contributed by atoms with Crippen LogP contribution in [0.5, 0.6) is 5.75 Å². The summed E-state index contributed by atoms with van der Waals surface area (Å²) in [6.45, 7) is 3.25. The Hall–Kier alpha value is -2.05. The van der Waals surface area contributed by atoms with Gasteiger partial charge in [0.1, 0.15) is 5.75 Å². The van der Waals surface area contributed by atoms with Gasteiger partial charge in [-0.15, -0.1) is 0 Å². The van der Waals surface area contributed by atoms with E-state index < -0.39 is 0 Å². The number of methoxy groups -OCH3 is 1. The van der Waals surface area contributed by atoms with Gasteiger partial charge in [0.2, 0.25) is 0 Å². The summed E-state index contributed by atoms with van der Waals surface area (Å²) in [6.07, 6.45) is 5.39. The highest BCUT2D eigenvalue weighted by atomic mass is 16.5. The average Bonchev–Trinajstić information content (AvgIpc) is 3.09. The predicted molar refractivity (Wildman–Crippen MR) is 94.3 cm³/mol. The molecular formula is C18H26N4O2. The number of nitrogens with one attached hydrogen (secondary N) is 1. The molecule has 1 atom stereocenters. The topological polar surface area (TPSA) is 62.6 Å². The maximum Gasteiger partial charge on any atom is 0.120 e. The summed E-state index contributed by atoms with van der Waals surface area (Å²) in [5.74, 6) is 0.874. The highest BCUT2D eigenvalue weighted by Gasteiger charge is 2.21. The lowest BCUT2D eigenvalue weighted by Crippen LogP contribution is -2.43. The Bertz CT molecular complexity index is 609. The average molecular weight is 330 g/mol. The van der Waals surface area contributed by atoms with Crippen LogP contribution in [-0.4, -0.2) is 58.7 Å². The maximum atomic E-state index is 10.2. The molecule has 2 heterocycles. The van der Waals surface area contributed by atoms with Crippen molar-refractivity contribution in [3.8, 4) is 5.75 Å². The van der Waals surface area contributed by atoms with E-state index in [-0.39, 0.29) is 6.10 Å². The second-order valence-corrected chi connectivity index (χ2v) is 6.33. The molecule has 6 heteroatoms. The van der Waals surface area contributed by atoms with Crippen LogP contribution in [0.25, 0.3) is 0 Å². The molecule has 0 radical (unpaired) electrons. The van der Waals surface area contributed by atoms with Gasteiger partial charge in [-0.25, -0.2) is 0 Å². The third kappa shape index (κ3) is 4.72. The Kier molecular flexibility index (Phi) is 5.72. The molecule has 3 rings (SSSR count). The fourth-order valence-corrected chi connectivity index (χ4v) is 3.19. The third-order valence-electron chi connectivity index (χ3n) is 4.45. The lowest BCUT2D eigenvalue weighted by atomic mass is 10.0. The molecule has 0 unspecified atom stereocenters. The fraction of sp³-hybridized carbons (Fsp3) is 0.500. The van der Waals surface area contributed by atoms with Crippen molar-refractivity contribution in [2.75, 3.05) is 32.1 Å². The van der Waals surface area contributed by atoms with Crippen LogP contribution >= 0.6 is 0 Å². The van der Waals surface area contributed by atoms with Gasteiger partial charge in [-0.05, 0) is 31.0 Å². The Labute approximate surface area is 143 Å². The number of piperidine rings is 1. The first kappa shape index (κ1) is 16.8. The summed E-state index contributed by atoms with van der Waals surface area (Å²) in [7, 11) is 1.69. The van der Waals surface area contributed by atoms with Gasteiger partial charge >= 0.3 is 0 Å². The SMILES string of the molecule is COc1cccc(NC2CCN(C[C@@H](O)Cn3cccn3)CC2)c1.